The van der Waals surface area contributed by atoms with E-state index in [1.54, 1.807) is 19.6 Å². The highest BCUT2D eigenvalue weighted by Gasteiger charge is 2.20. The molecule has 0 saturated carbocycles. The normalized spacial score (nSPS) is 12.4. The fraction of sp³-hybridized carbons (Fsp3) is 0.385. The lowest BCUT2D eigenvalue weighted by Gasteiger charge is -2.17. The molecule has 0 aliphatic rings. The number of pyridine rings is 1. The van der Waals surface area contributed by atoms with Gasteiger partial charge in [0.05, 0.1) is 25.2 Å². The molecule has 5 nitrogen and oxygen atoms in total. The van der Waals surface area contributed by atoms with Gasteiger partial charge in [-0.3, -0.25) is 4.98 Å². The third kappa shape index (κ3) is 2.51. The number of aromatic nitrogens is 3. The second-order valence-electron chi connectivity index (χ2n) is 4.05. The zero-order valence-corrected chi connectivity index (χ0v) is 10.9. The van der Waals surface area contributed by atoms with Gasteiger partial charge < -0.3 is 14.6 Å². The summed E-state index contributed by atoms with van der Waals surface area (Å²) in [6.45, 7) is 2.90. The minimum absolute atomic E-state index is 0.0488. The van der Waals surface area contributed by atoms with Gasteiger partial charge in [-0.15, -0.1) is 0 Å². The van der Waals surface area contributed by atoms with Crippen molar-refractivity contribution in [3.63, 3.8) is 0 Å². The smallest absolute Gasteiger partial charge is 0.142 e. The number of rotatable bonds is 5. The Morgan fingerprint density at radius 3 is 2.89 bits per heavy atom. The van der Waals surface area contributed by atoms with Crippen molar-refractivity contribution in [2.75, 3.05) is 13.7 Å². The Hall–Kier alpha value is -1.88. The van der Waals surface area contributed by atoms with Crippen LogP contribution >= 0.6 is 0 Å². The van der Waals surface area contributed by atoms with Gasteiger partial charge in [0.2, 0.25) is 0 Å². The van der Waals surface area contributed by atoms with Gasteiger partial charge in [0, 0.05) is 19.4 Å². The first-order valence-electron chi connectivity index (χ1n) is 5.96. The van der Waals surface area contributed by atoms with Gasteiger partial charge in [-0.05, 0) is 18.7 Å². The zero-order valence-electron chi connectivity index (χ0n) is 10.9. The molecule has 0 spiro atoms. The van der Waals surface area contributed by atoms with Crippen molar-refractivity contribution < 1.29 is 4.74 Å². The minimum Gasteiger partial charge on any atom is -0.495 e. The molecule has 0 saturated heterocycles. The Morgan fingerprint density at radius 2 is 2.28 bits per heavy atom. The Balaban J connectivity index is 2.41. The van der Waals surface area contributed by atoms with Crippen molar-refractivity contribution in [1.82, 2.24) is 19.9 Å². The number of imidazole rings is 1. The number of ether oxygens (including phenoxy) is 1. The van der Waals surface area contributed by atoms with E-state index >= 15 is 0 Å². The average Bonchev–Trinajstić information content (AvgIpc) is 2.82. The largest absolute Gasteiger partial charge is 0.495 e. The van der Waals surface area contributed by atoms with Crippen molar-refractivity contribution in [3.8, 4) is 5.75 Å². The van der Waals surface area contributed by atoms with Crippen molar-refractivity contribution in [3.05, 3.63) is 42.2 Å². The van der Waals surface area contributed by atoms with Crippen LogP contribution in [0.3, 0.4) is 0 Å². The monoisotopic (exact) mass is 246 g/mol. The SMILES string of the molecule is CCNC(c1cn(C)cn1)c1ncccc1OC. The van der Waals surface area contributed by atoms with Crippen molar-refractivity contribution >= 4 is 0 Å². The van der Waals surface area contributed by atoms with E-state index in [1.165, 1.54) is 0 Å². The summed E-state index contributed by atoms with van der Waals surface area (Å²) >= 11 is 0. The fourth-order valence-corrected chi connectivity index (χ4v) is 1.92. The molecule has 1 N–H and O–H groups in total. The lowest BCUT2D eigenvalue weighted by molar-refractivity contribution is 0.400. The van der Waals surface area contributed by atoms with Gasteiger partial charge in [0.25, 0.3) is 0 Å². The summed E-state index contributed by atoms with van der Waals surface area (Å²) < 4.78 is 7.29. The minimum atomic E-state index is -0.0488. The summed E-state index contributed by atoms with van der Waals surface area (Å²) in [5.41, 5.74) is 1.80. The summed E-state index contributed by atoms with van der Waals surface area (Å²) in [6.07, 6.45) is 5.54. The van der Waals surface area contributed by atoms with E-state index in [-0.39, 0.29) is 6.04 Å². The second kappa shape index (κ2) is 5.64. The molecule has 2 aromatic heterocycles. The predicted molar refractivity (Wildman–Crippen MR) is 69.5 cm³/mol. The highest BCUT2D eigenvalue weighted by Crippen LogP contribution is 2.26. The first kappa shape index (κ1) is 12.6. The zero-order chi connectivity index (χ0) is 13.0. The molecule has 0 aromatic carbocycles. The maximum atomic E-state index is 5.36. The van der Waals surface area contributed by atoms with Crippen LogP contribution in [0.5, 0.6) is 5.75 Å². The van der Waals surface area contributed by atoms with E-state index in [4.69, 9.17) is 4.74 Å². The van der Waals surface area contributed by atoms with Crippen molar-refractivity contribution in [2.24, 2.45) is 7.05 Å². The number of aryl methyl sites for hydroxylation is 1. The molecule has 1 atom stereocenters. The van der Waals surface area contributed by atoms with Gasteiger partial charge in [-0.2, -0.15) is 0 Å². The van der Waals surface area contributed by atoms with Gasteiger partial charge in [0.15, 0.2) is 0 Å². The molecule has 0 amide bonds. The highest BCUT2D eigenvalue weighted by molar-refractivity contribution is 5.34. The Bertz CT molecular complexity index is 509. The molecule has 2 heterocycles. The maximum absolute atomic E-state index is 5.36. The molecule has 0 bridgehead atoms. The number of methoxy groups -OCH3 is 1. The Morgan fingerprint density at radius 1 is 1.44 bits per heavy atom. The van der Waals surface area contributed by atoms with Crippen molar-refractivity contribution in [2.45, 2.75) is 13.0 Å². The predicted octanol–water partition coefficient (Wildman–Crippen LogP) is 1.52. The van der Waals surface area contributed by atoms with Crippen LogP contribution in [-0.2, 0) is 7.05 Å². The van der Waals surface area contributed by atoms with Gasteiger partial charge in [0.1, 0.15) is 11.4 Å². The molecule has 5 heteroatoms. The molecule has 0 aliphatic heterocycles. The van der Waals surface area contributed by atoms with Gasteiger partial charge >= 0.3 is 0 Å². The molecule has 2 rings (SSSR count). The van der Waals surface area contributed by atoms with Crippen LogP contribution in [0.25, 0.3) is 0 Å². The molecule has 1 unspecified atom stereocenters. The molecular weight excluding hydrogens is 228 g/mol. The topological polar surface area (TPSA) is 52.0 Å². The van der Waals surface area contributed by atoms with Crippen LogP contribution in [0.4, 0.5) is 0 Å². The first-order valence-corrected chi connectivity index (χ1v) is 5.96. The highest BCUT2D eigenvalue weighted by atomic mass is 16.5. The van der Waals surface area contributed by atoms with Crippen LogP contribution < -0.4 is 10.1 Å². The maximum Gasteiger partial charge on any atom is 0.142 e. The molecule has 2 aromatic rings. The van der Waals surface area contributed by atoms with Crippen LogP contribution in [0.2, 0.25) is 0 Å². The average molecular weight is 246 g/mol. The molecule has 96 valence electrons. The van der Waals surface area contributed by atoms with E-state index in [1.807, 2.05) is 29.9 Å². The molecule has 18 heavy (non-hydrogen) atoms. The summed E-state index contributed by atoms with van der Waals surface area (Å²) in [6, 6.07) is 3.73. The number of hydrogen-bond donors (Lipinski definition) is 1. The number of nitrogens with zero attached hydrogens (tertiary/aromatic N) is 3. The molecule has 0 fully saturated rings. The third-order valence-electron chi connectivity index (χ3n) is 2.72. The van der Waals surface area contributed by atoms with Crippen LogP contribution in [0.1, 0.15) is 24.4 Å². The third-order valence-corrected chi connectivity index (χ3v) is 2.72. The number of hydrogen-bond acceptors (Lipinski definition) is 4. The van der Waals surface area contributed by atoms with Crippen molar-refractivity contribution in [1.29, 1.82) is 0 Å². The van der Waals surface area contributed by atoms with Crippen LogP contribution in [0.15, 0.2) is 30.9 Å². The number of nitrogens with one attached hydrogen (secondary N) is 1. The lowest BCUT2D eigenvalue weighted by atomic mass is 10.1. The summed E-state index contributed by atoms with van der Waals surface area (Å²) in [5.74, 6) is 0.772. The Kier molecular flexibility index (Phi) is 3.94. The standard InChI is InChI=1S/C13H18N4O/c1-4-14-12(10-8-17(2)9-16-10)13-11(18-3)6-5-7-15-13/h5-9,12,14H,4H2,1-3H3. The van der Waals surface area contributed by atoms with E-state index < -0.39 is 0 Å². The fourth-order valence-electron chi connectivity index (χ4n) is 1.92. The summed E-state index contributed by atoms with van der Waals surface area (Å²) in [5, 5.41) is 3.38. The quantitative estimate of drug-likeness (QED) is 0.869. The van der Waals surface area contributed by atoms with E-state index in [9.17, 15) is 0 Å². The summed E-state index contributed by atoms with van der Waals surface area (Å²) in [4.78, 5) is 8.81. The van der Waals surface area contributed by atoms with E-state index in [2.05, 4.69) is 22.2 Å². The first-order chi connectivity index (χ1) is 8.76. The molecule has 0 radical (unpaired) electrons. The molecule has 0 aliphatic carbocycles. The summed E-state index contributed by atoms with van der Waals surface area (Å²) in [7, 11) is 3.61. The van der Waals surface area contributed by atoms with E-state index in [0.29, 0.717) is 0 Å². The lowest BCUT2D eigenvalue weighted by Crippen LogP contribution is -2.23. The van der Waals surface area contributed by atoms with Gasteiger partial charge in [-0.25, -0.2) is 4.98 Å². The second-order valence-corrected chi connectivity index (χ2v) is 4.05. The van der Waals surface area contributed by atoms with Crippen LogP contribution in [0, 0.1) is 0 Å². The van der Waals surface area contributed by atoms with Gasteiger partial charge in [-0.1, -0.05) is 6.92 Å². The van der Waals surface area contributed by atoms with E-state index in [0.717, 1.165) is 23.7 Å². The van der Waals surface area contributed by atoms with Crippen LogP contribution in [-0.4, -0.2) is 28.2 Å². The molecular formula is C13H18N4O. The Labute approximate surface area is 107 Å².